The second-order valence-corrected chi connectivity index (χ2v) is 3.93. The number of hydrogen-bond donors (Lipinski definition) is 2. The van der Waals surface area contributed by atoms with Crippen molar-refractivity contribution in [1.82, 2.24) is 5.32 Å². The standard InChI is InChI=1S/C13H21NO2/c1-12(14-8-5-9-15)10-16-11-13-6-3-2-4-7-13/h2-4,6-7,12,14-15H,5,8-11H2,1H3. The molecule has 2 N–H and O–H groups in total. The summed E-state index contributed by atoms with van der Waals surface area (Å²) in [6.45, 7) is 4.52. The molecule has 0 aliphatic heterocycles. The Bertz CT molecular complexity index is 264. The topological polar surface area (TPSA) is 41.5 Å². The van der Waals surface area contributed by atoms with Gasteiger partial charge in [-0.25, -0.2) is 0 Å². The van der Waals surface area contributed by atoms with Crippen molar-refractivity contribution in [2.75, 3.05) is 19.8 Å². The van der Waals surface area contributed by atoms with E-state index in [9.17, 15) is 0 Å². The Kier molecular flexibility index (Phi) is 6.81. The molecule has 0 saturated carbocycles. The van der Waals surface area contributed by atoms with E-state index in [4.69, 9.17) is 9.84 Å². The predicted octanol–water partition coefficient (Wildman–Crippen LogP) is 1.56. The summed E-state index contributed by atoms with van der Waals surface area (Å²) in [6.07, 6.45) is 0.795. The molecular formula is C13H21NO2. The molecule has 1 rings (SSSR count). The molecule has 1 aromatic carbocycles. The van der Waals surface area contributed by atoms with Crippen molar-refractivity contribution in [3.05, 3.63) is 35.9 Å². The smallest absolute Gasteiger partial charge is 0.0717 e. The van der Waals surface area contributed by atoms with Crippen molar-refractivity contribution in [2.24, 2.45) is 0 Å². The number of aliphatic hydroxyl groups excluding tert-OH is 1. The van der Waals surface area contributed by atoms with Crippen LogP contribution < -0.4 is 5.32 Å². The minimum Gasteiger partial charge on any atom is -0.396 e. The fourth-order valence-corrected chi connectivity index (χ4v) is 1.41. The Morgan fingerprint density at radius 2 is 2.06 bits per heavy atom. The van der Waals surface area contributed by atoms with E-state index >= 15 is 0 Å². The summed E-state index contributed by atoms with van der Waals surface area (Å²) >= 11 is 0. The Morgan fingerprint density at radius 3 is 2.75 bits per heavy atom. The molecule has 90 valence electrons. The van der Waals surface area contributed by atoms with Gasteiger partial charge in [0.1, 0.15) is 0 Å². The highest BCUT2D eigenvalue weighted by atomic mass is 16.5. The third-order valence-electron chi connectivity index (χ3n) is 2.31. The molecule has 16 heavy (non-hydrogen) atoms. The molecule has 0 radical (unpaired) electrons. The van der Waals surface area contributed by atoms with E-state index < -0.39 is 0 Å². The van der Waals surface area contributed by atoms with Gasteiger partial charge in [-0.1, -0.05) is 30.3 Å². The predicted molar refractivity (Wildman–Crippen MR) is 65.3 cm³/mol. The molecule has 1 aromatic rings. The zero-order valence-electron chi connectivity index (χ0n) is 9.86. The first kappa shape index (κ1) is 13.2. The molecule has 1 atom stereocenters. The second-order valence-electron chi connectivity index (χ2n) is 3.93. The number of rotatable bonds is 8. The van der Waals surface area contributed by atoms with Gasteiger partial charge >= 0.3 is 0 Å². The third kappa shape index (κ3) is 5.85. The van der Waals surface area contributed by atoms with Gasteiger partial charge in [-0.3, -0.25) is 0 Å². The lowest BCUT2D eigenvalue weighted by Crippen LogP contribution is -2.31. The first-order chi connectivity index (χ1) is 7.83. The Hall–Kier alpha value is -0.900. The summed E-state index contributed by atoms with van der Waals surface area (Å²) in [6, 6.07) is 10.5. The van der Waals surface area contributed by atoms with Gasteiger partial charge in [-0.2, -0.15) is 0 Å². The highest BCUT2D eigenvalue weighted by molar-refractivity contribution is 5.13. The van der Waals surface area contributed by atoms with Gasteiger partial charge in [0, 0.05) is 12.6 Å². The summed E-state index contributed by atoms with van der Waals surface area (Å²) < 4.78 is 5.59. The molecule has 0 aliphatic rings. The summed E-state index contributed by atoms with van der Waals surface area (Å²) in [5.74, 6) is 0. The molecule has 1 unspecified atom stereocenters. The molecule has 0 heterocycles. The number of hydrogen-bond acceptors (Lipinski definition) is 3. The molecule has 0 saturated heterocycles. The van der Waals surface area contributed by atoms with Crippen LogP contribution in [0.4, 0.5) is 0 Å². The van der Waals surface area contributed by atoms with E-state index in [1.165, 1.54) is 5.56 Å². The highest BCUT2D eigenvalue weighted by Gasteiger charge is 2.00. The van der Waals surface area contributed by atoms with E-state index in [2.05, 4.69) is 24.4 Å². The van der Waals surface area contributed by atoms with Crippen LogP contribution in [0.15, 0.2) is 30.3 Å². The molecule has 3 heteroatoms. The zero-order chi connectivity index (χ0) is 11.6. The molecular weight excluding hydrogens is 202 g/mol. The number of aliphatic hydroxyl groups is 1. The first-order valence-corrected chi connectivity index (χ1v) is 5.79. The Labute approximate surface area is 97.4 Å². The van der Waals surface area contributed by atoms with Crippen LogP contribution in [0, 0.1) is 0 Å². The molecule has 0 aromatic heterocycles. The third-order valence-corrected chi connectivity index (χ3v) is 2.31. The van der Waals surface area contributed by atoms with Crippen molar-refractivity contribution in [2.45, 2.75) is 26.0 Å². The number of ether oxygens (including phenoxy) is 1. The summed E-state index contributed by atoms with van der Waals surface area (Å²) in [7, 11) is 0. The minimum atomic E-state index is 0.241. The van der Waals surface area contributed by atoms with Gasteiger partial charge in [0.25, 0.3) is 0 Å². The zero-order valence-corrected chi connectivity index (χ0v) is 9.86. The van der Waals surface area contributed by atoms with E-state index in [1.54, 1.807) is 0 Å². The van der Waals surface area contributed by atoms with Gasteiger partial charge in [-0.05, 0) is 25.5 Å². The monoisotopic (exact) mass is 223 g/mol. The normalized spacial score (nSPS) is 12.6. The first-order valence-electron chi connectivity index (χ1n) is 5.79. The average Bonchev–Trinajstić information content (AvgIpc) is 2.31. The fraction of sp³-hybridized carbons (Fsp3) is 0.538. The van der Waals surface area contributed by atoms with Crippen molar-refractivity contribution in [3.63, 3.8) is 0 Å². The summed E-state index contributed by atoms with van der Waals surface area (Å²) in [5, 5.41) is 11.9. The van der Waals surface area contributed by atoms with Crippen molar-refractivity contribution < 1.29 is 9.84 Å². The molecule has 0 amide bonds. The van der Waals surface area contributed by atoms with E-state index in [1.807, 2.05) is 18.2 Å². The van der Waals surface area contributed by atoms with E-state index in [0.29, 0.717) is 19.3 Å². The maximum absolute atomic E-state index is 8.63. The second kappa shape index (κ2) is 8.28. The summed E-state index contributed by atoms with van der Waals surface area (Å²) in [5.41, 5.74) is 1.20. The number of nitrogens with one attached hydrogen (secondary N) is 1. The lowest BCUT2D eigenvalue weighted by Gasteiger charge is -2.13. The van der Waals surface area contributed by atoms with Gasteiger partial charge < -0.3 is 15.2 Å². The average molecular weight is 223 g/mol. The lowest BCUT2D eigenvalue weighted by molar-refractivity contribution is 0.102. The fourth-order valence-electron chi connectivity index (χ4n) is 1.41. The molecule has 0 spiro atoms. The van der Waals surface area contributed by atoms with Crippen molar-refractivity contribution in [1.29, 1.82) is 0 Å². The molecule has 0 aliphatic carbocycles. The van der Waals surface area contributed by atoms with Crippen LogP contribution in [0.2, 0.25) is 0 Å². The maximum Gasteiger partial charge on any atom is 0.0717 e. The van der Waals surface area contributed by atoms with E-state index in [-0.39, 0.29) is 6.61 Å². The lowest BCUT2D eigenvalue weighted by atomic mass is 10.2. The quantitative estimate of drug-likeness (QED) is 0.657. The minimum absolute atomic E-state index is 0.241. The van der Waals surface area contributed by atoms with Crippen LogP contribution in [0.3, 0.4) is 0 Å². The molecule has 0 bridgehead atoms. The van der Waals surface area contributed by atoms with Gasteiger partial charge in [0.05, 0.1) is 13.2 Å². The molecule has 3 nitrogen and oxygen atoms in total. The van der Waals surface area contributed by atoms with Crippen LogP contribution in [-0.2, 0) is 11.3 Å². The Morgan fingerprint density at radius 1 is 1.31 bits per heavy atom. The maximum atomic E-state index is 8.63. The van der Waals surface area contributed by atoms with Gasteiger partial charge in [0.2, 0.25) is 0 Å². The van der Waals surface area contributed by atoms with Crippen LogP contribution in [-0.4, -0.2) is 30.9 Å². The molecule has 0 fully saturated rings. The summed E-state index contributed by atoms with van der Waals surface area (Å²) in [4.78, 5) is 0. The SMILES string of the molecule is CC(COCc1ccccc1)NCCCO. The van der Waals surface area contributed by atoms with Gasteiger partial charge in [-0.15, -0.1) is 0 Å². The van der Waals surface area contributed by atoms with Crippen LogP contribution >= 0.6 is 0 Å². The largest absolute Gasteiger partial charge is 0.396 e. The van der Waals surface area contributed by atoms with Crippen molar-refractivity contribution in [3.8, 4) is 0 Å². The van der Waals surface area contributed by atoms with Crippen LogP contribution in [0.25, 0.3) is 0 Å². The van der Waals surface area contributed by atoms with Crippen LogP contribution in [0.1, 0.15) is 18.9 Å². The van der Waals surface area contributed by atoms with Crippen LogP contribution in [0.5, 0.6) is 0 Å². The number of benzene rings is 1. The Balaban J connectivity index is 2.06. The highest BCUT2D eigenvalue weighted by Crippen LogP contribution is 2.00. The van der Waals surface area contributed by atoms with Gasteiger partial charge in [0.15, 0.2) is 0 Å². The van der Waals surface area contributed by atoms with E-state index in [0.717, 1.165) is 13.0 Å². The van der Waals surface area contributed by atoms with Crippen molar-refractivity contribution >= 4 is 0 Å².